The summed E-state index contributed by atoms with van der Waals surface area (Å²) in [5, 5.41) is 4.11. The zero-order valence-corrected chi connectivity index (χ0v) is 10.7. The molecule has 0 aliphatic heterocycles. The molecule has 0 radical (unpaired) electrons. The van der Waals surface area contributed by atoms with Crippen molar-refractivity contribution in [1.29, 1.82) is 0 Å². The predicted octanol–water partition coefficient (Wildman–Crippen LogP) is 1.59. The van der Waals surface area contributed by atoms with Crippen molar-refractivity contribution in [2.75, 3.05) is 18.4 Å². The van der Waals surface area contributed by atoms with Gasteiger partial charge in [0.15, 0.2) is 0 Å². The van der Waals surface area contributed by atoms with Gasteiger partial charge in [0.2, 0.25) is 5.95 Å². The second-order valence-corrected chi connectivity index (χ2v) is 5.03. The number of anilines is 1. The van der Waals surface area contributed by atoms with Crippen LogP contribution in [0.5, 0.6) is 0 Å². The van der Waals surface area contributed by atoms with Crippen LogP contribution in [0.15, 0.2) is 12.3 Å². The van der Waals surface area contributed by atoms with Crippen molar-refractivity contribution in [2.24, 2.45) is 5.73 Å². The number of hydrogen-bond acceptors (Lipinski definition) is 6. The Kier molecular flexibility index (Phi) is 3.65. The van der Waals surface area contributed by atoms with Crippen LogP contribution < -0.4 is 11.1 Å². The molecule has 2 heterocycles. The van der Waals surface area contributed by atoms with Gasteiger partial charge in [-0.2, -0.15) is 0 Å². The minimum atomic E-state index is 0.558. The monoisotopic (exact) mass is 249 g/mol. The van der Waals surface area contributed by atoms with E-state index in [1.54, 1.807) is 17.5 Å². The van der Waals surface area contributed by atoms with Crippen molar-refractivity contribution in [3.05, 3.63) is 22.1 Å². The highest BCUT2D eigenvalue weighted by Crippen LogP contribution is 2.25. The van der Waals surface area contributed by atoms with E-state index in [9.17, 15) is 0 Å². The van der Waals surface area contributed by atoms with Gasteiger partial charge in [0.05, 0.1) is 10.7 Å². The highest BCUT2D eigenvalue weighted by molar-refractivity contribution is 7.11. The van der Waals surface area contributed by atoms with Crippen molar-refractivity contribution < 1.29 is 0 Å². The molecular weight excluding hydrogens is 234 g/mol. The molecule has 2 rings (SSSR count). The van der Waals surface area contributed by atoms with E-state index in [0.717, 1.165) is 16.4 Å². The maximum absolute atomic E-state index is 5.42. The van der Waals surface area contributed by atoms with Gasteiger partial charge in [-0.1, -0.05) is 0 Å². The molecule has 0 aliphatic carbocycles. The third kappa shape index (κ3) is 2.78. The summed E-state index contributed by atoms with van der Waals surface area (Å²) in [4.78, 5) is 14.2. The first-order valence-electron chi connectivity index (χ1n) is 5.42. The van der Waals surface area contributed by atoms with E-state index in [0.29, 0.717) is 19.0 Å². The Bertz CT molecular complexity index is 508. The summed E-state index contributed by atoms with van der Waals surface area (Å²) in [5.74, 6) is 0.595. The molecule has 0 atom stereocenters. The van der Waals surface area contributed by atoms with Crippen LogP contribution in [0.4, 0.5) is 5.95 Å². The molecule has 90 valence electrons. The lowest BCUT2D eigenvalue weighted by atomic mass is 10.3. The molecule has 0 aromatic carbocycles. The minimum absolute atomic E-state index is 0.558. The Morgan fingerprint density at radius 3 is 2.82 bits per heavy atom. The summed E-state index contributed by atoms with van der Waals surface area (Å²) >= 11 is 1.68. The van der Waals surface area contributed by atoms with Gasteiger partial charge in [-0.25, -0.2) is 15.0 Å². The second-order valence-electron chi connectivity index (χ2n) is 3.62. The summed E-state index contributed by atoms with van der Waals surface area (Å²) in [7, 11) is 0. The highest BCUT2D eigenvalue weighted by atomic mass is 32.1. The molecule has 0 saturated heterocycles. The smallest absolute Gasteiger partial charge is 0.223 e. The van der Waals surface area contributed by atoms with E-state index < -0.39 is 0 Å². The number of nitrogens with one attached hydrogen (secondary N) is 1. The van der Waals surface area contributed by atoms with Crippen molar-refractivity contribution in [1.82, 2.24) is 15.0 Å². The van der Waals surface area contributed by atoms with Crippen molar-refractivity contribution in [3.63, 3.8) is 0 Å². The molecule has 17 heavy (non-hydrogen) atoms. The summed E-state index contributed by atoms with van der Waals surface area (Å²) in [5.41, 5.74) is 7.21. The number of rotatable bonds is 4. The third-order valence-electron chi connectivity index (χ3n) is 2.23. The largest absolute Gasteiger partial charge is 0.353 e. The topological polar surface area (TPSA) is 76.7 Å². The Morgan fingerprint density at radius 1 is 1.35 bits per heavy atom. The van der Waals surface area contributed by atoms with Gasteiger partial charge >= 0.3 is 0 Å². The first kappa shape index (κ1) is 11.9. The van der Waals surface area contributed by atoms with Crippen molar-refractivity contribution in [2.45, 2.75) is 13.8 Å². The van der Waals surface area contributed by atoms with Crippen LogP contribution in [0.25, 0.3) is 11.4 Å². The minimum Gasteiger partial charge on any atom is -0.353 e. The lowest BCUT2D eigenvalue weighted by molar-refractivity contribution is 0.989. The summed E-state index contributed by atoms with van der Waals surface area (Å²) in [6, 6.07) is 1.87. The van der Waals surface area contributed by atoms with Gasteiger partial charge in [-0.05, 0) is 19.9 Å². The maximum Gasteiger partial charge on any atom is 0.223 e. The molecule has 0 spiro atoms. The van der Waals surface area contributed by atoms with Gasteiger partial charge in [-0.15, -0.1) is 11.3 Å². The molecule has 0 aliphatic rings. The number of nitrogens with two attached hydrogens (primary N) is 1. The zero-order chi connectivity index (χ0) is 12.3. The fourth-order valence-corrected chi connectivity index (χ4v) is 2.35. The molecule has 5 nitrogen and oxygen atoms in total. The van der Waals surface area contributed by atoms with E-state index in [1.165, 1.54) is 4.88 Å². The number of aryl methyl sites for hydroxylation is 2. The normalized spacial score (nSPS) is 10.5. The van der Waals surface area contributed by atoms with Gasteiger partial charge in [0.25, 0.3) is 0 Å². The Morgan fingerprint density at radius 2 is 2.18 bits per heavy atom. The predicted molar refractivity (Wildman–Crippen MR) is 70.2 cm³/mol. The third-order valence-corrected chi connectivity index (χ3v) is 3.12. The van der Waals surface area contributed by atoms with Crippen LogP contribution in [0.1, 0.15) is 9.88 Å². The van der Waals surface area contributed by atoms with Gasteiger partial charge in [-0.3, -0.25) is 0 Å². The summed E-state index contributed by atoms with van der Waals surface area (Å²) in [6.07, 6.45) is 1.73. The van der Waals surface area contributed by atoms with E-state index in [2.05, 4.69) is 27.2 Å². The average Bonchev–Trinajstić information content (AvgIpc) is 2.66. The molecule has 0 fully saturated rings. The molecule has 2 aromatic rings. The van der Waals surface area contributed by atoms with Crippen LogP contribution in [-0.4, -0.2) is 28.0 Å². The van der Waals surface area contributed by atoms with Crippen molar-refractivity contribution in [3.8, 4) is 11.4 Å². The van der Waals surface area contributed by atoms with Gasteiger partial charge in [0.1, 0.15) is 5.69 Å². The molecule has 0 saturated carbocycles. The maximum atomic E-state index is 5.42. The lowest BCUT2D eigenvalue weighted by Gasteiger charge is -2.04. The molecular formula is C11H15N5S. The zero-order valence-electron chi connectivity index (χ0n) is 9.90. The Labute approximate surface area is 104 Å². The number of thiazole rings is 1. The van der Waals surface area contributed by atoms with Gasteiger partial charge < -0.3 is 11.1 Å². The molecule has 0 unspecified atom stereocenters. The molecule has 6 heteroatoms. The van der Waals surface area contributed by atoms with Gasteiger partial charge in [0, 0.05) is 24.2 Å². The lowest BCUT2D eigenvalue weighted by Crippen LogP contribution is -2.14. The first-order chi connectivity index (χ1) is 8.20. The molecule has 0 amide bonds. The SMILES string of the molecule is Cc1nc(-c2ccnc(NCCN)n2)c(C)s1. The van der Waals surface area contributed by atoms with Crippen LogP contribution in [0, 0.1) is 13.8 Å². The number of nitrogens with zero attached hydrogens (tertiary/aromatic N) is 3. The van der Waals surface area contributed by atoms with Crippen molar-refractivity contribution >= 4 is 17.3 Å². The number of hydrogen-bond donors (Lipinski definition) is 2. The van der Waals surface area contributed by atoms with E-state index in [4.69, 9.17) is 5.73 Å². The average molecular weight is 249 g/mol. The summed E-state index contributed by atoms with van der Waals surface area (Å²) in [6.45, 7) is 5.27. The Balaban J connectivity index is 2.29. The molecule has 3 N–H and O–H groups in total. The second kappa shape index (κ2) is 5.20. The van der Waals surface area contributed by atoms with Crippen LogP contribution in [0.3, 0.4) is 0 Å². The fourth-order valence-electron chi connectivity index (χ4n) is 1.53. The van der Waals surface area contributed by atoms with E-state index >= 15 is 0 Å². The van der Waals surface area contributed by atoms with Crippen LogP contribution >= 0.6 is 11.3 Å². The highest BCUT2D eigenvalue weighted by Gasteiger charge is 2.09. The Hall–Kier alpha value is -1.53. The quantitative estimate of drug-likeness (QED) is 0.860. The molecule has 2 aromatic heterocycles. The first-order valence-corrected chi connectivity index (χ1v) is 6.23. The number of aromatic nitrogens is 3. The standard InChI is InChI=1S/C11H15N5S/c1-7-10(15-8(2)17-7)9-3-5-13-11(16-9)14-6-4-12/h3,5H,4,6,12H2,1-2H3,(H,13,14,16). The molecule has 0 bridgehead atoms. The van der Waals surface area contributed by atoms with E-state index in [1.807, 2.05) is 13.0 Å². The fraction of sp³-hybridized carbons (Fsp3) is 0.364. The van der Waals surface area contributed by atoms with Crippen LogP contribution in [0.2, 0.25) is 0 Å². The van der Waals surface area contributed by atoms with Crippen LogP contribution in [-0.2, 0) is 0 Å². The summed E-state index contributed by atoms with van der Waals surface area (Å²) < 4.78 is 0. The van der Waals surface area contributed by atoms with E-state index in [-0.39, 0.29) is 0 Å².